The molecule has 1 atom stereocenters. The Morgan fingerprint density at radius 1 is 1.35 bits per heavy atom. The number of morpholine rings is 1. The van der Waals surface area contributed by atoms with E-state index in [2.05, 4.69) is 23.5 Å². The van der Waals surface area contributed by atoms with E-state index in [1.165, 1.54) is 5.41 Å². The van der Waals surface area contributed by atoms with Gasteiger partial charge in [-0.3, -0.25) is 4.90 Å². The summed E-state index contributed by atoms with van der Waals surface area (Å²) >= 11 is 0. The summed E-state index contributed by atoms with van der Waals surface area (Å²) in [6, 6.07) is 9.87. The summed E-state index contributed by atoms with van der Waals surface area (Å²) in [7, 11) is -3.41. The van der Waals surface area contributed by atoms with E-state index in [0.29, 0.717) is 25.6 Å². The van der Waals surface area contributed by atoms with E-state index in [0.717, 1.165) is 18.7 Å². The molecule has 6 heteroatoms. The highest BCUT2D eigenvalue weighted by Crippen LogP contribution is 2.11. The van der Waals surface area contributed by atoms with Crippen molar-refractivity contribution in [1.82, 2.24) is 9.62 Å². The lowest BCUT2D eigenvalue weighted by molar-refractivity contribution is -0.0409. The van der Waals surface area contributed by atoms with Crippen LogP contribution in [-0.2, 0) is 14.8 Å². The maximum absolute atomic E-state index is 12.0. The quantitative estimate of drug-likeness (QED) is 0.827. The molecular weight excluding hydrogens is 312 g/mol. The molecule has 0 spiro atoms. The molecule has 1 saturated heterocycles. The van der Waals surface area contributed by atoms with Gasteiger partial charge in [0.2, 0.25) is 10.0 Å². The third-order valence-corrected chi connectivity index (χ3v) is 5.01. The van der Waals surface area contributed by atoms with Crippen molar-refractivity contribution in [2.24, 2.45) is 0 Å². The number of nitrogens with one attached hydrogen (secondary N) is 1. The maximum Gasteiger partial charge on any atom is 0.233 e. The molecule has 23 heavy (non-hydrogen) atoms. The normalized spacial score (nSPS) is 20.4. The Labute approximate surface area is 139 Å². The van der Waals surface area contributed by atoms with Gasteiger partial charge in [0.25, 0.3) is 0 Å². The minimum Gasteiger partial charge on any atom is -0.376 e. The first-order valence-electron chi connectivity index (χ1n) is 8.05. The SMILES string of the molecule is CC(C)N1CCO[C@@H](CCNS(=O)(=O)/C=C/c2ccccc2)C1. The van der Waals surface area contributed by atoms with Crippen molar-refractivity contribution in [3.63, 3.8) is 0 Å². The molecule has 0 amide bonds. The zero-order chi connectivity index (χ0) is 16.7. The summed E-state index contributed by atoms with van der Waals surface area (Å²) < 4.78 is 32.3. The summed E-state index contributed by atoms with van der Waals surface area (Å²) in [6.45, 7) is 7.24. The summed E-state index contributed by atoms with van der Waals surface area (Å²) in [5.74, 6) is 0. The van der Waals surface area contributed by atoms with Crippen LogP contribution in [0.3, 0.4) is 0 Å². The van der Waals surface area contributed by atoms with Crippen LogP contribution >= 0.6 is 0 Å². The lowest BCUT2D eigenvalue weighted by atomic mass is 10.2. The third kappa shape index (κ3) is 6.43. The van der Waals surface area contributed by atoms with Crippen LogP contribution < -0.4 is 4.72 Å². The molecule has 128 valence electrons. The Morgan fingerprint density at radius 3 is 2.78 bits per heavy atom. The zero-order valence-corrected chi connectivity index (χ0v) is 14.6. The van der Waals surface area contributed by atoms with Crippen LogP contribution in [0.1, 0.15) is 25.8 Å². The molecule has 0 unspecified atom stereocenters. The summed E-state index contributed by atoms with van der Waals surface area (Å²) in [5, 5.41) is 1.21. The van der Waals surface area contributed by atoms with Crippen LogP contribution in [0.2, 0.25) is 0 Å². The van der Waals surface area contributed by atoms with Crippen molar-refractivity contribution in [3.8, 4) is 0 Å². The van der Waals surface area contributed by atoms with E-state index < -0.39 is 10.0 Å². The Morgan fingerprint density at radius 2 is 2.09 bits per heavy atom. The van der Waals surface area contributed by atoms with Crippen LogP contribution in [0, 0.1) is 0 Å². The van der Waals surface area contributed by atoms with Gasteiger partial charge in [-0.25, -0.2) is 13.1 Å². The Balaban J connectivity index is 1.77. The molecule has 5 nitrogen and oxygen atoms in total. The van der Waals surface area contributed by atoms with Crippen LogP contribution in [0.25, 0.3) is 6.08 Å². The van der Waals surface area contributed by atoms with Crippen LogP contribution in [0.5, 0.6) is 0 Å². The molecule has 0 aromatic heterocycles. The van der Waals surface area contributed by atoms with E-state index >= 15 is 0 Å². The highest BCUT2D eigenvalue weighted by Gasteiger charge is 2.22. The summed E-state index contributed by atoms with van der Waals surface area (Å²) in [5.41, 5.74) is 0.862. The number of sulfonamides is 1. The fourth-order valence-electron chi connectivity index (χ4n) is 2.53. The monoisotopic (exact) mass is 338 g/mol. The van der Waals surface area contributed by atoms with Crippen molar-refractivity contribution in [1.29, 1.82) is 0 Å². The fourth-order valence-corrected chi connectivity index (χ4v) is 3.36. The molecule has 0 aliphatic carbocycles. The fraction of sp³-hybridized carbons (Fsp3) is 0.529. The molecule has 0 bridgehead atoms. The number of hydrogen-bond acceptors (Lipinski definition) is 4. The molecular formula is C17H26N2O3S. The predicted molar refractivity (Wildman–Crippen MR) is 93.5 cm³/mol. The van der Waals surface area contributed by atoms with Crippen LogP contribution in [-0.4, -0.2) is 51.7 Å². The topological polar surface area (TPSA) is 58.6 Å². The van der Waals surface area contributed by atoms with Crippen molar-refractivity contribution < 1.29 is 13.2 Å². The van der Waals surface area contributed by atoms with Gasteiger partial charge in [-0.2, -0.15) is 0 Å². The second-order valence-electron chi connectivity index (χ2n) is 6.02. The third-order valence-electron chi connectivity index (χ3n) is 3.91. The molecule has 1 aliphatic heterocycles. The van der Waals surface area contributed by atoms with E-state index in [4.69, 9.17) is 4.74 Å². The van der Waals surface area contributed by atoms with Crippen molar-refractivity contribution in [3.05, 3.63) is 41.3 Å². The predicted octanol–water partition coefficient (Wildman–Crippen LogP) is 2.08. The van der Waals surface area contributed by atoms with Gasteiger partial charge in [-0.15, -0.1) is 0 Å². The molecule has 1 aliphatic rings. The van der Waals surface area contributed by atoms with Crippen molar-refractivity contribution >= 4 is 16.1 Å². The summed E-state index contributed by atoms with van der Waals surface area (Å²) in [4.78, 5) is 2.36. The van der Waals surface area contributed by atoms with Gasteiger partial charge < -0.3 is 4.74 Å². The van der Waals surface area contributed by atoms with Crippen molar-refractivity contribution in [2.75, 3.05) is 26.2 Å². The van der Waals surface area contributed by atoms with E-state index in [9.17, 15) is 8.42 Å². The minimum atomic E-state index is -3.41. The summed E-state index contributed by atoms with van der Waals surface area (Å²) in [6.07, 6.45) is 2.37. The molecule has 1 fully saturated rings. The highest BCUT2D eigenvalue weighted by molar-refractivity contribution is 7.92. The second-order valence-corrected chi connectivity index (χ2v) is 7.67. The average molecular weight is 338 g/mol. The lowest BCUT2D eigenvalue weighted by Crippen LogP contribution is -2.46. The minimum absolute atomic E-state index is 0.0898. The standard InChI is InChI=1S/C17H26N2O3S/c1-15(2)19-11-12-22-17(14-19)8-10-18-23(20,21)13-9-16-6-4-3-5-7-16/h3-7,9,13,15,17-18H,8,10-12,14H2,1-2H3/b13-9+/t17-/m0/s1. The molecule has 1 aromatic rings. The van der Waals surface area contributed by atoms with Gasteiger partial charge in [0, 0.05) is 31.1 Å². The Bertz CT molecular complexity index is 600. The first-order chi connectivity index (χ1) is 11.0. The number of rotatable bonds is 7. The maximum atomic E-state index is 12.0. The molecule has 1 aromatic carbocycles. The van der Waals surface area contributed by atoms with Gasteiger partial charge in [0.05, 0.1) is 12.7 Å². The molecule has 1 heterocycles. The number of benzene rings is 1. The van der Waals surface area contributed by atoms with Gasteiger partial charge in [0.15, 0.2) is 0 Å². The number of nitrogens with zero attached hydrogens (tertiary/aromatic N) is 1. The largest absolute Gasteiger partial charge is 0.376 e. The van der Waals surface area contributed by atoms with E-state index in [1.807, 2.05) is 30.3 Å². The second kappa shape index (κ2) is 8.59. The van der Waals surface area contributed by atoms with Crippen LogP contribution in [0.4, 0.5) is 0 Å². The van der Waals surface area contributed by atoms with Gasteiger partial charge in [-0.1, -0.05) is 30.3 Å². The van der Waals surface area contributed by atoms with Crippen molar-refractivity contribution in [2.45, 2.75) is 32.4 Å². The van der Waals surface area contributed by atoms with Gasteiger partial charge >= 0.3 is 0 Å². The van der Waals surface area contributed by atoms with E-state index in [1.54, 1.807) is 6.08 Å². The Hall–Kier alpha value is -1.21. The van der Waals surface area contributed by atoms with E-state index in [-0.39, 0.29) is 6.10 Å². The van der Waals surface area contributed by atoms with Crippen LogP contribution in [0.15, 0.2) is 35.7 Å². The zero-order valence-electron chi connectivity index (χ0n) is 13.8. The molecule has 2 rings (SSSR count). The first-order valence-corrected chi connectivity index (χ1v) is 9.59. The lowest BCUT2D eigenvalue weighted by Gasteiger charge is -2.35. The van der Waals surface area contributed by atoms with Gasteiger partial charge in [-0.05, 0) is 31.9 Å². The average Bonchev–Trinajstić information content (AvgIpc) is 2.54. The Kier molecular flexibility index (Phi) is 6.77. The highest BCUT2D eigenvalue weighted by atomic mass is 32.2. The number of ether oxygens (including phenoxy) is 1. The molecule has 0 saturated carbocycles. The number of hydrogen-bond donors (Lipinski definition) is 1. The first kappa shape index (κ1) is 18.1. The van der Waals surface area contributed by atoms with Gasteiger partial charge in [0.1, 0.15) is 0 Å². The molecule has 0 radical (unpaired) electrons. The smallest absolute Gasteiger partial charge is 0.233 e. The molecule has 1 N–H and O–H groups in total.